The Morgan fingerprint density at radius 3 is 2.24 bits per heavy atom. The number of anilines is 3. The van der Waals surface area contributed by atoms with Crippen LogP contribution in [0.25, 0.3) is 0 Å². The second-order valence-corrected chi connectivity index (χ2v) is 10.2. The number of aromatic nitrogens is 2. The van der Waals surface area contributed by atoms with E-state index in [4.69, 9.17) is 9.97 Å². The zero-order chi connectivity index (χ0) is 26.1. The SMILES string of the molecule is O=C(c1ccc(F)cc1F)N1CCc2nc(N3CCN(c4ccccc4)CC3)nc(N3CCCCC3)c2C1. The minimum absolute atomic E-state index is 0.108. The molecule has 38 heavy (non-hydrogen) atoms. The smallest absolute Gasteiger partial charge is 0.257 e. The van der Waals surface area contributed by atoms with Gasteiger partial charge in [-0.05, 0) is 43.5 Å². The molecule has 2 saturated heterocycles. The van der Waals surface area contributed by atoms with E-state index in [1.165, 1.54) is 18.2 Å². The molecular weight excluding hydrogens is 486 g/mol. The van der Waals surface area contributed by atoms with Crippen LogP contribution in [0.4, 0.5) is 26.2 Å². The Hall–Kier alpha value is -3.75. The second kappa shape index (κ2) is 10.6. The first-order chi connectivity index (χ1) is 18.6. The zero-order valence-electron chi connectivity index (χ0n) is 21.5. The normalized spacial score (nSPS) is 17.9. The van der Waals surface area contributed by atoms with Crippen molar-refractivity contribution in [3.63, 3.8) is 0 Å². The van der Waals surface area contributed by atoms with Crippen molar-refractivity contribution in [2.45, 2.75) is 32.2 Å². The number of piperidine rings is 1. The van der Waals surface area contributed by atoms with E-state index in [0.717, 1.165) is 87.3 Å². The fraction of sp³-hybridized carbons (Fsp3) is 0.414. The van der Waals surface area contributed by atoms with Crippen LogP contribution in [0.2, 0.25) is 0 Å². The van der Waals surface area contributed by atoms with Gasteiger partial charge in [0.15, 0.2) is 0 Å². The molecule has 0 unspecified atom stereocenters. The van der Waals surface area contributed by atoms with Gasteiger partial charge in [-0.2, -0.15) is 4.98 Å². The van der Waals surface area contributed by atoms with Crippen LogP contribution in [0.15, 0.2) is 48.5 Å². The molecule has 7 nitrogen and oxygen atoms in total. The summed E-state index contributed by atoms with van der Waals surface area (Å²) in [5.74, 6) is -0.313. The Morgan fingerprint density at radius 1 is 0.763 bits per heavy atom. The van der Waals surface area contributed by atoms with Gasteiger partial charge in [0.1, 0.15) is 17.5 Å². The van der Waals surface area contributed by atoms with Crippen molar-refractivity contribution in [1.82, 2.24) is 14.9 Å². The summed E-state index contributed by atoms with van der Waals surface area (Å²) in [6, 6.07) is 13.6. The molecule has 1 aromatic heterocycles. The van der Waals surface area contributed by atoms with Gasteiger partial charge < -0.3 is 19.6 Å². The van der Waals surface area contributed by atoms with Gasteiger partial charge in [-0.3, -0.25) is 4.79 Å². The van der Waals surface area contributed by atoms with Crippen molar-refractivity contribution in [3.05, 3.63) is 77.0 Å². The van der Waals surface area contributed by atoms with Crippen LogP contribution in [0.3, 0.4) is 0 Å². The van der Waals surface area contributed by atoms with Gasteiger partial charge in [0.05, 0.1) is 17.8 Å². The van der Waals surface area contributed by atoms with Crippen LogP contribution in [0.5, 0.6) is 0 Å². The Morgan fingerprint density at radius 2 is 1.50 bits per heavy atom. The van der Waals surface area contributed by atoms with Gasteiger partial charge >= 0.3 is 0 Å². The third kappa shape index (κ3) is 4.89. The maximum Gasteiger partial charge on any atom is 0.257 e. The highest BCUT2D eigenvalue weighted by Gasteiger charge is 2.31. The number of carbonyl (C=O) groups excluding carboxylic acids is 1. The van der Waals surface area contributed by atoms with Crippen molar-refractivity contribution in [2.75, 3.05) is 60.5 Å². The van der Waals surface area contributed by atoms with Crippen LogP contribution in [-0.4, -0.2) is 66.6 Å². The molecule has 6 rings (SSSR count). The summed E-state index contributed by atoms with van der Waals surface area (Å²) >= 11 is 0. The molecule has 4 heterocycles. The van der Waals surface area contributed by atoms with Gasteiger partial charge in [-0.25, -0.2) is 13.8 Å². The Bertz CT molecular complexity index is 1310. The molecule has 2 aromatic carbocycles. The molecule has 2 fully saturated rings. The quantitative estimate of drug-likeness (QED) is 0.514. The van der Waals surface area contributed by atoms with E-state index in [0.29, 0.717) is 19.5 Å². The standard InChI is InChI=1S/C29H32F2N6O/c30-21-9-10-23(25(31)19-21)28(38)37-14-11-26-24(20-37)27(35-12-5-2-6-13-35)33-29(32-26)36-17-15-34(16-18-36)22-7-3-1-4-8-22/h1,3-4,7-10,19H,2,5-6,11-18,20H2. The first-order valence-electron chi connectivity index (χ1n) is 13.5. The van der Waals surface area contributed by atoms with Crippen molar-refractivity contribution < 1.29 is 13.6 Å². The summed E-state index contributed by atoms with van der Waals surface area (Å²) in [6.45, 7) is 6.06. The summed E-state index contributed by atoms with van der Waals surface area (Å²) in [4.78, 5) is 31.9. The number of carbonyl (C=O) groups is 1. The number of amides is 1. The Balaban J connectivity index is 1.26. The van der Waals surface area contributed by atoms with E-state index in [1.807, 2.05) is 6.07 Å². The van der Waals surface area contributed by atoms with Crippen molar-refractivity contribution in [1.29, 1.82) is 0 Å². The number of nitrogens with zero attached hydrogens (tertiary/aromatic N) is 6. The lowest BCUT2D eigenvalue weighted by atomic mass is 10.0. The molecule has 0 radical (unpaired) electrons. The lowest BCUT2D eigenvalue weighted by molar-refractivity contribution is 0.0728. The predicted molar refractivity (Wildman–Crippen MR) is 144 cm³/mol. The minimum Gasteiger partial charge on any atom is -0.368 e. The van der Waals surface area contributed by atoms with Crippen molar-refractivity contribution in [3.8, 4) is 0 Å². The highest BCUT2D eigenvalue weighted by Crippen LogP contribution is 2.32. The van der Waals surface area contributed by atoms with E-state index in [2.05, 4.69) is 39.0 Å². The number of para-hydroxylation sites is 1. The molecule has 0 spiro atoms. The van der Waals surface area contributed by atoms with Gasteiger partial charge in [-0.15, -0.1) is 0 Å². The number of hydrogen-bond acceptors (Lipinski definition) is 6. The number of halogens is 2. The lowest BCUT2D eigenvalue weighted by Gasteiger charge is -2.38. The van der Waals surface area contributed by atoms with E-state index in [9.17, 15) is 13.6 Å². The molecule has 9 heteroatoms. The van der Waals surface area contributed by atoms with Gasteiger partial charge in [-0.1, -0.05) is 18.2 Å². The molecule has 0 bridgehead atoms. The van der Waals surface area contributed by atoms with Gasteiger partial charge in [0, 0.05) is 69.6 Å². The molecule has 0 atom stereocenters. The summed E-state index contributed by atoms with van der Waals surface area (Å²) in [5, 5.41) is 0. The average Bonchev–Trinajstić information content (AvgIpc) is 2.97. The number of piperazine rings is 1. The first-order valence-corrected chi connectivity index (χ1v) is 13.5. The summed E-state index contributed by atoms with van der Waals surface area (Å²) in [6.07, 6.45) is 3.98. The Labute approximate surface area is 221 Å². The largest absolute Gasteiger partial charge is 0.368 e. The number of benzene rings is 2. The van der Waals surface area contributed by atoms with Crippen molar-refractivity contribution in [2.24, 2.45) is 0 Å². The number of rotatable bonds is 4. The maximum atomic E-state index is 14.4. The third-order valence-electron chi connectivity index (χ3n) is 7.81. The fourth-order valence-corrected chi connectivity index (χ4v) is 5.70. The van der Waals surface area contributed by atoms with E-state index < -0.39 is 17.5 Å². The summed E-state index contributed by atoms with van der Waals surface area (Å²) in [5.41, 5.74) is 3.03. The Kier molecular flexibility index (Phi) is 6.82. The molecule has 3 aliphatic heterocycles. The molecule has 198 valence electrons. The fourth-order valence-electron chi connectivity index (χ4n) is 5.70. The van der Waals surface area contributed by atoms with E-state index >= 15 is 0 Å². The second-order valence-electron chi connectivity index (χ2n) is 10.2. The van der Waals surface area contributed by atoms with E-state index in [-0.39, 0.29) is 5.56 Å². The molecule has 1 amide bonds. The highest BCUT2D eigenvalue weighted by atomic mass is 19.1. The van der Waals surface area contributed by atoms with Gasteiger partial charge in [0.2, 0.25) is 5.95 Å². The summed E-state index contributed by atoms with van der Waals surface area (Å²) < 4.78 is 27.8. The third-order valence-corrected chi connectivity index (χ3v) is 7.81. The molecule has 3 aromatic rings. The first kappa shape index (κ1) is 24.6. The maximum absolute atomic E-state index is 14.4. The molecule has 0 N–H and O–H groups in total. The van der Waals surface area contributed by atoms with Crippen LogP contribution in [0, 0.1) is 11.6 Å². The van der Waals surface area contributed by atoms with Crippen LogP contribution >= 0.6 is 0 Å². The zero-order valence-corrected chi connectivity index (χ0v) is 21.5. The van der Waals surface area contributed by atoms with Gasteiger partial charge in [0.25, 0.3) is 5.91 Å². The molecule has 0 aliphatic carbocycles. The topological polar surface area (TPSA) is 55.8 Å². The lowest BCUT2D eigenvalue weighted by Crippen LogP contribution is -2.47. The predicted octanol–water partition coefficient (Wildman–Crippen LogP) is 4.27. The van der Waals surface area contributed by atoms with E-state index in [1.54, 1.807) is 4.90 Å². The number of hydrogen-bond donors (Lipinski definition) is 0. The highest BCUT2D eigenvalue weighted by molar-refractivity contribution is 5.94. The van der Waals surface area contributed by atoms with Crippen LogP contribution < -0.4 is 14.7 Å². The molecular formula is C29H32F2N6O. The minimum atomic E-state index is -0.835. The average molecular weight is 519 g/mol. The van der Waals surface area contributed by atoms with Crippen molar-refractivity contribution >= 4 is 23.4 Å². The molecule has 0 saturated carbocycles. The van der Waals surface area contributed by atoms with Crippen LogP contribution in [0.1, 0.15) is 40.9 Å². The summed E-state index contributed by atoms with van der Waals surface area (Å²) in [7, 11) is 0. The number of fused-ring (bicyclic) bond motifs is 1. The molecule has 3 aliphatic rings. The van der Waals surface area contributed by atoms with Crippen LogP contribution in [-0.2, 0) is 13.0 Å². The monoisotopic (exact) mass is 518 g/mol.